The number of rotatable bonds is 1. The Morgan fingerprint density at radius 2 is 1.73 bits per heavy atom. The number of carbonyl (C=O) groups excluding carboxylic acids is 2. The van der Waals surface area contributed by atoms with Crippen LogP contribution < -0.4 is 4.90 Å². The lowest BCUT2D eigenvalue weighted by Crippen LogP contribution is -2.30. The molecule has 0 atom stereocenters. The van der Waals surface area contributed by atoms with Crippen molar-refractivity contribution in [2.24, 2.45) is 0 Å². The van der Waals surface area contributed by atoms with Gasteiger partial charge in [0.1, 0.15) is 5.82 Å². The molecule has 15 heavy (non-hydrogen) atoms. The van der Waals surface area contributed by atoms with Crippen molar-refractivity contribution >= 4 is 40.1 Å². The van der Waals surface area contributed by atoms with Crippen LogP contribution in [0, 0.1) is 9.39 Å². The number of imide groups is 1. The van der Waals surface area contributed by atoms with Gasteiger partial charge < -0.3 is 0 Å². The molecule has 0 unspecified atom stereocenters. The third-order valence-electron chi connectivity index (χ3n) is 1.96. The predicted octanol–water partition coefficient (Wildman–Crippen LogP) is 1.86. The minimum atomic E-state index is -0.577. The van der Waals surface area contributed by atoms with Crippen LogP contribution in [0.3, 0.4) is 0 Å². The van der Waals surface area contributed by atoms with Gasteiger partial charge >= 0.3 is 0 Å². The monoisotopic (exact) mass is 317 g/mol. The lowest BCUT2D eigenvalue weighted by Gasteiger charge is -2.14. The van der Waals surface area contributed by atoms with E-state index in [4.69, 9.17) is 0 Å². The zero-order chi connectivity index (χ0) is 11.0. The van der Waals surface area contributed by atoms with Gasteiger partial charge in [-0.2, -0.15) is 0 Å². The molecule has 0 spiro atoms. The zero-order valence-corrected chi connectivity index (χ0v) is 9.56. The second-order valence-electron chi connectivity index (χ2n) is 2.94. The molecule has 5 heteroatoms. The lowest BCUT2D eigenvalue weighted by atomic mass is 10.3. The molecule has 1 aromatic rings. The molecule has 1 heterocycles. The molecule has 0 radical (unpaired) electrons. The number of halogens is 2. The summed E-state index contributed by atoms with van der Waals surface area (Å²) in [5.41, 5.74) is -0.00424. The Morgan fingerprint density at radius 1 is 1.13 bits per heavy atom. The average Bonchev–Trinajstić information content (AvgIpc) is 2.48. The molecule has 2 rings (SSSR count). The van der Waals surface area contributed by atoms with Gasteiger partial charge in [0.15, 0.2) is 0 Å². The van der Waals surface area contributed by atoms with E-state index >= 15 is 0 Å². The van der Waals surface area contributed by atoms with Crippen LogP contribution in [-0.4, -0.2) is 11.8 Å². The van der Waals surface area contributed by atoms with E-state index in [9.17, 15) is 14.0 Å². The topological polar surface area (TPSA) is 37.4 Å². The Balaban J connectivity index is 2.46. The third-order valence-corrected chi connectivity index (χ3v) is 2.63. The summed E-state index contributed by atoms with van der Waals surface area (Å²) in [7, 11) is 0. The van der Waals surface area contributed by atoms with Crippen molar-refractivity contribution in [3.8, 4) is 0 Å². The van der Waals surface area contributed by atoms with Crippen LogP contribution in [0.2, 0.25) is 0 Å². The highest BCUT2D eigenvalue weighted by Gasteiger charge is 2.27. The van der Waals surface area contributed by atoms with Crippen molar-refractivity contribution in [3.63, 3.8) is 0 Å². The summed E-state index contributed by atoms with van der Waals surface area (Å²) >= 11 is 1.95. The number of benzene rings is 1. The minimum absolute atomic E-state index is 0.00424. The van der Waals surface area contributed by atoms with E-state index in [1.54, 1.807) is 6.07 Å². The number of amides is 2. The van der Waals surface area contributed by atoms with E-state index in [0.29, 0.717) is 3.57 Å². The fourth-order valence-corrected chi connectivity index (χ4v) is 1.75. The summed E-state index contributed by atoms with van der Waals surface area (Å²) < 4.78 is 14.2. The summed E-state index contributed by atoms with van der Waals surface area (Å²) in [4.78, 5) is 23.4. The van der Waals surface area contributed by atoms with Gasteiger partial charge in [0.2, 0.25) is 0 Å². The van der Waals surface area contributed by atoms with Crippen LogP contribution in [-0.2, 0) is 9.59 Å². The zero-order valence-electron chi connectivity index (χ0n) is 7.41. The van der Waals surface area contributed by atoms with Crippen molar-refractivity contribution in [2.75, 3.05) is 4.90 Å². The molecule has 0 N–H and O–H groups in total. The second-order valence-corrected chi connectivity index (χ2v) is 4.19. The Morgan fingerprint density at radius 3 is 2.27 bits per heavy atom. The van der Waals surface area contributed by atoms with Crippen LogP contribution in [0.1, 0.15) is 0 Å². The van der Waals surface area contributed by atoms with E-state index in [0.717, 1.165) is 17.1 Å². The number of hydrogen-bond donors (Lipinski definition) is 0. The van der Waals surface area contributed by atoms with Gasteiger partial charge in [-0.15, -0.1) is 0 Å². The van der Waals surface area contributed by atoms with E-state index < -0.39 is 17.6 Å². The minimum Gasteiger partial charge on any atom is -0.269 e. The molecular weight excluding hydrogens is 312 g/mol. The highest BCUT2D eigenvalue weighted by molar-refractivity contribution is 14.1. The average molecular weight is 317 g/mol. The van der Waals surface area contributed by atoms with Gasteiger partial charge in [-0.25, -0.2) is 9.29 Å². The van der Waals surface area contributed by atoms with Crippen LogP contribution in [0.25, 0.3) is 0 Å². The summed E-state index contributed by atoms with van der Waals surface area (Å²) in [5.74, 6) is -1.60. The molecule has 0 fully saturated rings. The smallest absolute Gasteiger partial charge is 0.258 e. The molecule has 3 nitrogen and oxygen atoms in total. The first-order chi connectivity index (χ1) is 7.09. The summed E-state index contributed by atoms with van der Waals surface area (Å²) in [6.07, 6.45) is 2.25. The molecule has 0 bridgehead atoms. The highest BCUT2D eigenvalue weighted by Crippen LogP contribution is 2.24. The van der Waals surface area contributed by atoms with Crippen LogP contribution in [0.4, 0.5) is 10.1 Å². The lowest BCUT2D eigenvalue weighted by molar-refractivity contribution is -0.120. The van der Waals surface area contributed by atoms with Gasteiger partial charge in [0.05, 0.1) is 5.69 Å². The first-order valence-corrected chi connectivity index (χ1v) is 5.18. The van der Waals surface area contributed by atoms with E-state index in [2.05, 4.69) is 0 Å². The number of anilines is 1. The first kappa shape index (κ1) is 10.3. The maximum atomic E-state index is 13.5. The molecular formula is C10H5FINO2. The van der Waals surface area contributed by atoms with Crippen molar-refractivity contribution in [3.05, 3.63) is 39.7 Å². The van der Waals surface area contributed by atoms with Crippen LogP contribution >= 0.6 is 22.6 Å². The van der Waals surface area contributed by atoms with Crippen molar-refractivity contribution in [2.45, 2.75) is 0 Å². The predicted molar refractivity (Wildman–Crippen MR) is 60.8 cm³/mol. The second kappa shape index (κ2) is 3.73. The summed E-state index contributed by atoms with van der Waals surface area (Å²) in [5, 5.41) is 0. The van der Waals surface area contributed by atoms with Gasteiger partial charge in [-0.3, -0.25) is 9.59 Å². The standard InChI is InChI=1S/C10H5FINO2/c11-7-5-6(12)1-2-8(7)13-9(14)3-4-10(13)15/h1-5H. The van der Waals surface area contributed by atoms with Gasteiger partial charge in [-0.1, -0.05) is 0 Å². The third kappa shape index (κ3) is 1.79. The van der Waals surface area contributed by atoms with Gasteiger partial charge in [0, 0.05) is 15.7 Å². The molecule has 76 valence electrons. The Labute approximate surface area is 98.7 Å². The molecule has 0 saturated carbocycles. The SMILES string of the molecule is O=C1C=CC(=O)N1c1ccc(I)cc1F. The molecule has 0 saturated heterocycles. The van der Waals surface area contributed by atoms with E-state index in [1.165, 1.54) is 12.1 Å². The number of carbonyl (C=O) groups is 2. The molecule has 0 aliphatic carbocycles. The molecule has 2 amide bonds. The fourth-order valence-electron chi connectivity index (χ4n) is 1.30. The molecule has 1 aliphatic heterocycles. The Bertz CT molecular complexity index is 466. The molecule has 1 aliphatic rings. The maximum absolute atomic E-state index is 13.5. The van der Waals surface area contributed by atoms with Crippen molar-refractivity contribution in [1.29, 1.82) is 0 Å². The summed E-state index contributed by atoms with van der Waals surface area (Å²) in [6, 6.07) is 4.33. The largest absolute Gasteiger partial charge is 0.269 e. The van der Waals surface area contributed by atoms with E-state index in [1.807, 2.05) is 22.6 Å². The highest BCUT2D eigenvalue weighted by atomic mass is 127. The number of hydrogen-bond acceptors (Lipinski definition) is 2. The van der Waals surface area contributed by atoms with Crippen molar-refractivity contribution in [1.82, 2.24) is 0 Å². The summed E-state index contributed by atoms with van der Waals surface area (Å²) in [6.45, 7) is 0. The maximum Gasteiger partial charge on any atom is 0.258 e. The van der Waals surface area contributed by atoms with E-state index in [-0.39, 0.29) is 5.69 Å². The van der Waals surface area contributed by atoms with Gasteiger partial charge in [-0.05, 0) is 40.8 Å². The first-order valence-electron chi connectivity index (χ1n) is 4.11. The fraction of sp³-hybridized carbons (Fsp3) is 0. The van der Waals surface area contributed by atoms with Crippen LogP contribution in [0.15, 0.2) is 30.4 Å². The molecule has 1 aromatic carbocycles. The van der Waals surface area contributed by atoms with Crippen molar-refractivity contribution < 1.29 is 14.0 Å². The Kier molecular flexibility index (Phi) is 2.56. The number of nitrogens with zero attached hydrogens (tertiary/aromatic N) is 1. The quantitative estimate of drug-likeness (QED) is 0.586. The Hall–Kier alpha value is -1.24. The molecule has 0 aromatic heterocycles. The van der Waals surface area contributed by atoms with Crippen LogP contribution in [0.5, 0.6) is 0 Å². The van der Waals surface area contributed by atoms with Gasteiger partial charge in [0.25, 0.3) is 11.8 Å². The normalized spacial score (nSPS) is 15.2.